The van der Waals surface area contributed by atoms with Crippen molar-refractivity contribution in [3.05, 3.63) is 12.7 Å². The molecule has 1 aromatic rings. The largest absolute Gasteiger partial charge is 0.377 e. The molecule has 6 heteroatoms. The van der Waals surface area contributed by atoms with Gasteiger partial charge in [-0.15, -0.1) is 0 Å². The minimum Gasteiger partial charge on any atom is -0.377 e. The fourth-order valence-electron chi connectivity index (χ4n) is 2.81. The van der Waals surface area contributed by atoms with Crippen molar-refractivity contribution in [1.82, 2.24) is 19.7 Å². The number of hydrogen-bond acceptors (Lipinski definition) is 4. The second kappa shape index (κ2) is 4.68. The Hall–Kier alpha value is -1.43. The van der Waals surface area contributed by atoms with Gasteiger partial charge in [-0.05, 0) is 19.3 Å². The average molecular weight is 250 g/mol. The van der Waals surface area contributed by atoms with Gasteiger partial charge < -0.3 is 9.64 Å². The van der Waals surface area contributed by atoms with Crippen molar-refractivity contribution < 1.29 is 9.53 Å². The molecule has 1 aliphatic heterocycles. The third kappa shape index (κ3) is 2.01. The molecule has 1 amide bonds. The molecule has 0 radical (unpaired) electrons. The van der Waals surface area contributed by atoms with E-state index in [0.29, 0.717) is 26.2 Å². The molecule has 0 unspecified atom stereocenters. The number of carbonyl (C=O) groups excluding carboxylic acids is 1. The standard InChI is InChI=1S/C12H18N4O2/c17-11(2-5-15-10-13-9-14-15)16-6-7-18-8-12(16)3-1-4-12/h9-10H,1-8H2. The Kier molecular flexibility index (Phi) is 3.03. The van der Waals surface area contributed by atoms with Gasteiger partial charge in [-0.2, -0.15) is 5.10 Å². The van der Waals surface area contributed by atoms with Crippen LogP contribution in [0.5, 0.6) is 0 Å². The molecule has 0 aromatic carbocycles. The molecule has 3 rings (SSSR count). The molecule has 1 saturated heterocycles. The first-order valence-corrected chi connectivity index (χ1v) is 6.51. The zero-order chi connectivity index (χ0) is 12.4. The van der Waals surface area contributed by atoms with Gasteiger partial charge >= 0.3 is 0 Å². The second-order valence-electron chi connectivity index (χ2n) is 5.08. The van der Waals surface area contributed by atoms with E-state index in [1.165, 1.54) is 12.7 Å². The van der Waals surface area contributed by atoms with E-state index in [1.54, 1.807) is 11.0 Å². The molecule has 2 fully saturated rings. The van der Waals surface area contributed by atoms with Crippen LogP contribution in [-0.2, 0) is 16.1 Å². The highest BCUT2D eigenvalue weighted by molar-refractivity contribution is 5.77. The van der Waals surface area contributed by atoms with Gasteiger partial charge in [-0.25, -0.2) is 4.98 Å². The lowest BCUT2D eigenvalue weighted by molar-refractivity contribution is -0.158. The molecule has 0 N–H and O–H groups in total. The highest BCUT2D eigenvalue weighted by atomic mass is 16.5. The van der Waals surface area contributed by atoms with E-state index in [0.717, 1.165) is 19.4 Å². The lowest BCUT2D eigenvalue weighted by Gasteiger charge is -2.52. The molecule has 2 heterocycles. The van der Waals surface area contributed by atoms with E-state index in [9.17, 15) is 4.79 Å². The van der Waals surface area contributed by atoms with Crippen LogP contribution < -0.4 is 0 Å². The predicted octanol–water partition coefficient (Wildman–Crippen LogP) is 0.450. The molecule has 6 nitrogen and oxygen atoms in total. The van der Waals surface area contributed by atoms with E-state index >= 15 is 0 Å². The molecule has 1 spiro atoms. The quantitative estimate of drug-likeness (QED) is 0.781. The Balaban J connectivity index is 1.60. The van der Waals surface area contributed by atoms with Crippen molar-refractivity contribution in [3.8, 4) is 0 Å². The highest BCUT2D eigenvalue weighted by Crippen LogP contribution is 2.39. The highest BCUT2D eigenvalue weighted by Gasteiger charge is 2.46. The predicted molar refractivity (Wildman–Crippen MR) is 63.8 cm³/mol. The lowest BCUT2D eigenvalue weighted by Crippen LogP contribution is -2.62. The number of morpholine rings is 1. The van der Waals surface area contributed by atoms with Crippen LogP contribution in [0.1, 0.15) is 25.7 Å². The van der Waals surface area contributed by atoms with Gasteiger partial charge in [-0.1, -0.05) is 0 Å². The maximum absolute atomic E-state index is 12.3. The van der Waals surface area contributed by atoms with Crippen molar-refractivity contribution in [1.29, 1.82) is 0 Å². The van der Waals surface area contributed by atoms with E-state index in [2.05, 4.69) is 10.1 Å². The monoisotopic (exact) mass is 250 g/mol. The molecule has 98 valence electrons. The minimum absolute atomic E-state index is 0.0116. The molecule has 0 bridgehead atoms. The number of ether oxygens (including phenoxy) is 1. The fourth-order valence-corrected chi connectivity index (χ4v) is 2.81. The van der Waals surface area contributed by atoms with Crippen LogP contribution >= 0.6 is 0 Å². The summed E-state index contributed by atoms with van der Waals surface area (Å²) in [7, 11) is 0. The minimum atomic E-state index is 0.0116. The summed E-state index contributed by atoms with van der Waals surface area (Å²) in [6, 6.07) is 0. The molecule has 1 aromatic heterocycles. The van der Waals surface area contributed by atoms with E-state index in [4.69, 9.17) is 4.74 Å². The van der Waals surface area contributed by atoms with Crippen molar-refractivity contribution >= 4 is 5.91 Å². The number of aromatic nitrogens is 3. The zero-order valence-electron chi connectivity index (χ0n) is 10.4. The SMILES string of the molecule is O=C(CCn1cncn1)N1CCOCC12CCC2. The topological polar surface area (TPSA) is 60.2 Å². The number of nitrogens with zero attached hydrogens (tertiary/aromatic N) is 4. The summed E-state index contributed by atoms with van der Waals surface area (Å²) >= 11 is 0. The van der Waals surface area contributed by atoms with Crippen molar-refractivity contribution in [2.75, 3.05) is 19.8 Å². The van der Waals surface area contributed by atoms with Crippen molar-refractivity contribution in [2.24, 2.45) is 0 Å². The molecule has 0 atom stereocenters. The van der Waals surface area contributed by atoms with E-state index < -0.39 is 0 Å². The van der Waals surface area contributed by atoms with E-state index in [1.807, 2.05) is 4.90 Å². The summed E-state index contributed by atoms with van der Waals surface area (Å²) in [6.07, 6.45) is 7.00. The first-order chi connectivity index (χ1) is 8.80. The summed E-state index contributed by atoms with van der Waals surface area (Å²) < 4.78 is 7.24. The molecule has 2 aliphatic rings. The Labute approximate surface area is 106 Å². The zero-order valence-corrected chi connectivity index (χ0v) is 10.4. The maximum Gasteiger partial charge on any atom is 0.225 e. The number of hydrogen-bond donors (Lipinski definition) is 0. The van der Waals surface area contributed by atoms with Gasteiger partial charge in [0.15, 0.2) is 0 Å². The fraction of sp³-hybridized carbons (Fsp3) is 0.750. The van der Waals surface area contributed by atoms with Gasteiger partial charge in [0, 0.05) is 13.0 Å². The number of aryl methyl sites for hydroxylation is 1. The van der Waals surface area contributed by atoms with Crippen molar-refractivity contribution in [2.45, 2.75) is 37.8 Å². The van der Waals surface area contributed by atoms with Crippen LogP contribution in [0.15, 0.2) is 12.7 Å². The van der Waals surface area contributed by atoms with Crippen LogP contribution in [0, 0.1) is 0 Å². The summed E-state index contributed by atoms with van der Waals surface area (Å²) in [4.78, 5) is 18.2. The molecular formula is C12H18N4O2. The maximum atomic E-state index is 12.3. The van der Waals surface area contributed by atoms with Crippen LogP contribution in [-0.4, -0.2) is 50.9 Å². The lowest BCUT2D eigenvalue weighted by atomic mass is 9.75. The smallest absolute Gasteiger partial charge is 0.225 e. The third-order valence-corrected chi connectivity index (χ3v) is 4.01. The van der Waals surface area contributed by atoms with Gasteiger partial charge in [0.05, 0.1) is 25.3 Å². The first-order valence-electron chi connectivity index (χ1n) is 6.51. The molecule has 1 saturated carbocycles. The molecular weight excluding hydrogens is 232 g/mol. The van der Waals surface area contributed by atoms with E-state index in [-0.39, 0.29) is 11.4 Å². The Bertz CT molecular complexity index is 414. The number of amides is 1. The van der Waals surface area contributed by atoms with Crippen LogP contribution in [0.4, 0.5) is 0 Å². The molecule has 1 aliphatic carbocycles. The Morgan fingerprint density at radius 3 is 3.00 bits per heavy atom. The first kappa shape index (κ1) is 11.6. The average Bonchev–Trinajstić information content (AvgIpc) is 2.87. The van der Waals surface area contributed by atoms with Crippen molar-refractivity contribution in [3.63, 3.8) is 0 Å². The summed E-state index contributed by atoms with van der Waals surface area (Å²) in [6.45, 7) is 2.71. The number of carbonyl (C=O) groups is 1. The normalized spacial score (nSPS) is 21.9. The molecule has 18 heavy (non-hydrogen) atoms. The van der Waals surface area contributed by atoms with Crippen LogP contribution in [0.2, 0.25) is 0 Å². The van der Waals surface area contributed by atoms with Gasteiger partial charge in [0.1, 0.15) is 12.7 Å². The Morgan fingerprint density at radius 1 is 1.44 bits per heavy atom. The number of rotatable bonds is 3. The van der Waals surface area contributed by atoms with Crippen LogP contribution in [0.25, 0.3) is 0 Å². The summed E-state index contributed by atoms with van der Waals surface area (Å²) in [5.41, 5.74) is 0.0116. The second-order valence-corrected chi connectivity index (χ2v) is 5.08. The van der Waals surface area contributed by atoms with Gasteiger partial charge in [-0.3, -0.25) is 9.48 Å². The summed E-state index contributed by atoms with van der Waals surface area (Å²) in [5, 5.41) is 4.01. The van der Waals surface area contributed by atoms with Gasteiger partial charge in [0.25, 0.3) is 0 Å². The Morgan fingerprint density at radius 2 is 2.33 bits per heavy atom. The van der Waals surface area contributed by atoms with Gasteiger partial charge in [0.2, 0.25) is 5.91 Å². The van der Waals surface area contributed by atoms with Crippen LogP contribution in [0.3, 0.4) is 0 Å². The summed E-state index contributed by atoms with van der Waals surface area (Å²) in [5.74, 6) is 0.216. The third-order valence-electron chi connectivity index (χ3n) is 4.01.